The molecule has 1 saturated heterocycles. The molecule has 3 fully saturated rings. The lowest BCUT2D eigenvalue weighted by molar-refractivity contribution is -0.121. The highest BCUT2D eigenvalue weighted by Gasteiger charge is 2.53. The Bertz CT molecular complexity index is 753. The molecule has 0 aromatic heterocycles. The number of carbonyl (C=O) groups is 2. The van der Waals surface area contributed by atoms with E-state index in [0.29, 0.717) is 25.1 Å². The zero-order valence-corrected chi connectivity index (χ0v) is 15.4. The van der Waals surface area contributed by atoms with Gasteiger partial charge in [0, 0.05) is 25.4 Å². The Morgan fingerprint density at radius 1 is 1.26 bits per heavy atom. The zero-order valence-electron chi connectivity index (χ0n) is 15.4. The maximum atomic E-state index is 13.0. The fourth-order valence-electron chi connectivity index (χ4n) is 4.48. The van der Waals surface area contributed by atoms with Crippen molar-refractivity contribution in [1.82, 2.24) is 10.6 Å². The first kappa shape index (κ1) is 18.3. The Labute approximate surface area is 157 Å². The van der Waals surface area contributed by atoms with Crippen LogP contribution in [0.2, 0.25) is 0 Å². The van der Waals surface area contributed by atoms with Crippen LogP contribution in [0.4, 0.5) is 19.3 Å². The second kappa shape index (κ2) is 6.55. The number of urea groups is 1. The number of imide groups is 1. The Balaban J connectivity index is 1.42. The molecular formula is C20H25F2N3O2. The van der Waals surface area contributed by atoms with Crippen LogP contribution in [0, 0.1) is 5.92 Å². The maximum Gasteiger partial charge on any atom is 0.329 e. The van der Waals surface area contributed by atoms with Gasteiger partial charge < -0.3 is 10.6 Å². The minimum atomic E-state index is -2.51. The SMILES string of the molecule is CC(NCc1cccc(N2C(=O)NC3(CCCC3)C2=O)c1)C1CC(F)(F)C1. The average Bonchev–Trinajstić information content (AvgIpc) is 3.16. The molecule has 1 aromatic carbocycles. The van der Waals surface area contributed by atoms with E-state index in [1.54, 1.807) is 6.07 Å². The molecule has 0 bridgehead atoms. The Hall–Kier alpha value is -2.02. The second-order valence-electron chi connectivity index (χ2n) is 8.22. The van der Waals surface area contributed by atoms with Gasteiger partial charge in [0.15, 0.2) is 0 Å². The van der Waals surface area contributed by atoms with Crippen molar-refractivity contribution in [3.8, 4) is 0 Å². The molecule has 27 heavy (non-hydrogen) atoms. The van der Waals surface area contributed by atoms with Gasteiger partial charge in [0.2, 0.25) is 5.92 Å². The van der Waals surface area contributed by atoms with Crippen LogP contribution in [0.1, 0.15) is 51.0 Å². The highest BCUT2D eigenvalue weighted by Crippen LogP contribution is 2.44. The molecule has 1 unspecified atom stereocenters. The van der Waals surface area contributed by atoms with E-state index in [1.165, 1.54) is 4.90 Å². The minimum absolute atomic E-state index is 0.00763. The van der Waals surface area contributed by atoms with Crippen molar-refractivity contribution < 1.29 is 18.4 Å². The van der Waals surface area contributed by atoms with Crippen molar-refractivity contribution in [1.29, 1.82) is 0 Å². The molecule has 3 amide bonds. The number of nitrogens with zero attached hydrogens (tertiary/aromatic N) is 1. The lowest BCUT2D eigenvalue weighted by Crippen LogP contribution is -2.46. The van der Waals surface area contributed by atoms with Crippen LogP contribution < -0.4 is 15.5 Å². The van der Waals surface area contributed by atoms with Gasteiger partial charge in [-0.1, -0.05) is 25.0 Å². The van der Waals surface area contributed by atoms with Crippen molar-refractivity contribution >= 4 is 17.6 Å². The molecular weight excluding hydrogens is 352 g/mol. The van der Waals surface area contributed by atoms with E-state index < -0.39 is 11.5 Å². The fraction of sp³-hybridized carbons (Fsp3) is 0.600. The van der Waals surface area contributed by atoms with Crippen LogP contribution in [0.3, 0.4) is 0 Å². The third-order valence-corrected chi connectivity index (χ3v) is 6.24. The summed E-state index contributed by atoms with van der Waals surface area (Å²) in [4.78, 5) is 26.5. The number of nitrogens with one attached hydrogen (secondary N) is 2. The molecule has 1 aliphatic heterocycles. The van der Waals surface area contributed by atoms with Crippen molar-refractivity contribution in [3.63, 3.8) is 0 Å². The molecule has 3 aliphatic rings. The zero-order chi connectivity index (χ0) is 19.2. The molecule has 5 nitrogen and oxygen atoms in total. The number of benzene rings is 1. The standard InChI is InChI=1S/C20H25F2N3O2/c1-13(15-10-20(21,22)11-15)23-12-14-5-4-6-16(9-14)25-17(26)19(24-18(25)27)7-2-3-8-19/h4-6,9,13,15,23H,2-3,7-8,10-12H2,1H3,(H,24,27). The summed E-state index contributed by atoms with van der Waals surface area (Å²) in [6.45, 7) is 2.43. The Kier molecular flexibility index (Phi) is 4.45. The summed E-state index contributed by atoms with van der Waals surface area (Å²) in [5.74, 6) is -2.70. The third kappa shape index (κ3) is 3.33. The molecule has 2 aliphatic carbocycles. The summed E-state index contributed by atoms with van der Waals surface area (Å²) >= 11 is 0. The fourth-order valence-corrected chi connectivity index (χ4v) is 4.48. The topological polar surface area (TPSA) is 61.4 Å². The lowest BCUT2D eigenvalue weighted by atomic mass is 9.77. The number of alkyl halides is 2. The van der Waals surface area contributed by atoms with Crippen LogP contribution >= 0.6 is 0 Å². The first-order valence-electron chi connectivity index (χ1n) is 9.67. The van der Waals surface area contributed by atoms with Crippen molar-refractivity contribution in [3.05, 3.63) is 29.8 Å². The van der Waals surface area contributed by atoms with E-state index in [1.807, 2.05) is 25.1 Å². The van der Waals surface area contributed by atoms with Gasteiger partial charge in [0.25, 0.3) is 5.91 Å². The molecule has 7 heteroatoms. The highest BCUT2D eigenvalue weighted by molar-refractivity contribution is 6.23. The smallest absolute Gasteiger partial charge is 0.323 e. The van der Waals surface area contributed by atoms with Crippen LogP contribution in [0.5, 0.6) is 0 Å². The van der Waals surface area contributed by atoms with Crippen molar-refractivity contribution in [2.24, 2.45) is 5.92 Å². The molecule has 1 atom stereocenters. The normalized spacial score (nSPS) is 24.9. The van der Waals surface area contributed by atoms with Gasteiger partial charge in [-0.3, -0.25) is 4.79 Å². The molecule has 2 N–H and O–H groups in total. The highest BCUT2D eigenvalue weighted by atomic mass is 19.3. The molecule has 1 aromatic rings. The first-order chi connectivity index (χ1) is 12.8. The largest absolute Gasteiger partial charge is 0.329 e. The van der Waals surface area contributed by atoms with Crippen LogP contribution in [0.15, 0.2) is 24.3 Å². The number of rotatable bonds is 5. The summed E-state index contributed by atoms with van der Waals surface area (Å²) in [7, 11) is 0. The van der Waals surface area contributed by atoms with Gasteiger partial charge in [0.1, 0.15) is 5.54 Å². The summed E-state index contributed by atoms with van der Waals surface area (Å²) in [5, 5.41) is 6.18. The molecule has 146 valence electrons. The number of halogens is 2. The summed E-state index contributed by atoms with van der Waals surface area (Å²) < 4.78 is 26.1. The Morgan fingerprint density at radius 2 is 1.96 bits per heavy atom. The van der Waals surface area contributed by atoms with Gasteiger partial charge in [0.05, 0.1) is 5.69 Å². The van der Waals surface area contributed by atoms with Crippen LogP contribution in [-0.4, -0.2) is 29.4 Å². The van der Waals surface area contributed by atoms with Gasteiger partial charge in [-0.05, 0) is 43.4 Å². The van der Waals surface area contributed by atoms with Crippen molar-refractivity contribution in [2.45, 2.75) is 69.5 Å². The van der Waals surface area contributed by atoms with Gasteiger partial charge in [-0.2, -0.15) is 0 Å². The summed E-state index contributed by atoms with van der Waals surface area (Å²) in [6, 6.07) is 6.92. The van der Waals surface area contributed by atoms with E-state index in [-0.39, 0.29) is 36.7 Å². The monoisotopic (exact) mass is 377 g/mol. The number of amides is 3. The van der Waals surface area contributed by atoms with Gasteiger partial charge in [-0.25, -0.2) is 18.5 Å². The summed E-state index contributed by atoms with van der Waals surface area (Å²) in [5.41, 5.74) is 0.747. The molecule has 1 heterocycles. The predicted molar refractivity (Wildman–Crippen MR) is 97.6 cm³/mol. The molecule has 0 radical (unpaired) electrons. The quantitative estimate of drug-likeness (QED) is 0.771. The second-order valence-corrected chi connectivity index (χ2v) is 8.22. The predicted octanol–water partition coefficient (Wildman–Crippen LogP) is 3.58. The molecule has 2 saturated carbocycles. The van der Waals surface area contributed by atoms with E-state index in [0.717, 1.165) is 18.4 Å². The van der Waals surface area contributed by atoms with E-state index in [4.69, 9.17) is 0 Å². The van der Waals surface area contributed by atoms with E-state index in [2.05, 4.69) is 10.6 Å². The average molecular weight is 377 g/mol. The molecule has 4 rings (SSSR count). The van der Waals surface area contributed by atoms with E-state index in [9.17, 15) is 18.4 Å². The minimum Gasteiger partial charge on any atom is -0.323 e. The van der Waals surface area contributed by atoms with Crippen molar-refractivity contribution in [2.75, 3.05) is 4.90 Å². The Morgan fingerprint density at radius 3 is 2.63 bits per heavy atom. The van der Waals surface area contributed by atoms with Gasteiger partial charge >= 0.3 is 6.03 Å². The number of hydrogen-bond acceptors (Lipinski definition) is 3. The summed E-state index contributed by atoms with van der Waals surface area (Å²) in [6.07, 6.45) is 3.15. The maximum absolute atomic E-state index is 13.0. The van der Waals surface area contributed by atoms with E-state index >= 15 is 0 Å². The number of carbonyl (C=O) groups excluding carboxylic acids is 2. The number of hydrogen-bond donors (Lipinski definition) is 2. The molecule has 1 spiro atoms. The van der Waals surface area contributed by atoms with Gasteiger partial charge in [-0.15, -0.1) is 0 Å². The lowest BCUT2D eigenvalue weighted by Gasteiger charge is -2.39. The first-order valence-corrected chi connectivity index (χ1v) is 9.67. The van der Waals surface area contributed by atoms with Crippen LogP contribution in [0.25, 0.3) is 0 Å². The third-order valence-electron chi connectivity index (χ3n) is 6.24. The number of anilines is 1. The van der Waals surface area contributed by atoms with Crippen LogP contribution in [-0.2, 0) is 11.3 Å².